The average molecular weight is 285 g/mol. The van der Waals surface area contributed by atoms with E-state index in [0.29, 0.717) is 0 Å². The van der Waals surface area contributed by atoms with E-state index >= 15 is 0 Å². The Hall–Kier alpha value is -1.40. The Bertz CT molecular complexity index is 457. The Balaban J connectivity index is 2.63. The summed E-state index contributed by atoms with van der Waals surface area (Å²) >= 11 is 1.56. The lowest BCUT2D eigenvalue weighted by molar-refractivity contribution is -0.139. The first-order chi connectivity index (χ1) is 8.84. The summed E-state index contributed by atoms with van der Waals surface area (Å²) in [6, 6.07) is 3.86. The largest absolute Gasteiger partial charge is 0.481 e. The predicted octanol–water partition coefficient (Wildman–Crippen LogP) is 1.60. The zero-order chi connectivity index (χ0) is 14.5. The number of ether oxygens (including phenoxy) is 1. The molecule has 19 heavy (non-hydrogen) atoms. The number of aryl methyl sites for hydroxylation is 1. The second-order valence-corrected chi connectivity index (χ2v) is 6.17. The number of carbonyl (C=O) groups is 2. The maximum absolute atomic E-state index is 11.9. The molecule has 0 aliphatic heterocycles. The number of hydrogen-bond donors (Lipinski definition) is 2. The fourth-order valence-corrected chi connectivity index (χ4v) is 2.79. The molecular formula is C13H19NO4S. The molecule has 1 aromatic rings. The van der Waals surface area contributed by atoms with E-state index in [2.05, 4.69) is 5.32 Å². The normalized spacial score (nSPS) is 13.8. The van der Waals surface area contributed by atoms with E-state index in [0.717, 1.165) is 9.75 Å². The Kier molecular flexibility index (Phi) is 5.50. The van der Waals surface area contributed by atoms with Gasteiger partial charge in [0.2, 0.25) is 5.91 Å². The van der Waals surface area contributed by atoms with Crippen molar-refractivity contribution in [1.82, 2.24) is 5.32 Å². The molecule has 0 radical (unpaired) electrons. The highest BCUT2D eigenvalue weighted by atomic mass is 32.1. The lowest BCUT2D eigenvalue weighted by Gasteiger charge is -2.28. The van der Waals surface area contributed by atoms with Gasteiger partial charge in [-0.2, -0.15) is 0 Å². The molecule has 5 nitrogen and oxygen atoms in total. The minimum Gasteiger partial charge on any atom is -0.481 e. The highest BCUT2D eigenvalue weighted by Crippen LogP contribution is 2.16. The maximum Gasteiger partial charge on any atom is 0.305 e. The lowest BCUT2D eigenvalue weighted by atomic mass is 9.98. The van der Waals surface area contributed by atoms with Crippen LogP contribution in [-0.4, -0.2) is 36.2 Å². The van der Waals surface area contributed by atoms with E-state index < -0.39 is 11.5 Å². The van der Waals surface area contributed by atoms with Crippen LogP contribution in [0.4, 0.5) is 0 Å². The van der Waals surface area contributed by atoms with Crippen molar-refractivity contribution in [2.45, 2.75) is 32.2 Å². The fraction of sp³-hybridized carbons (Fsp3) is 0.538. The second kappa shape index (κ2) is 6.68. The first-order valence-electron chi connectivity index (χ1n) is 5.92. The summed E-state index contributed by atoms with van der Waals surface area (Å²) in [6.07, 6.45) is 0.0908. The van der Waals surface area contributed by atoms with Crippen LogP contribution in [0.2, 0.25) is 0 Å². The number of carboxylic acid groups (broad SMARTS) is 1. The molecule has 1 atom stereocenters. The topological polar surface area (TPSA) is 75.6 Å². The van der Waals surface area contributed by atoms with E-state index in [1.165, 1.54) is 7.11 Å². The smallest absolute Gasteiger partial charge is 0.305 e. The molecule has 106 valence electrons. The summed E-state index contributed by atoms with van der Waals surface area (Å²) in [5.74, 6) is -1.16. The van der Waals surface area contributed by atoms with Crippen LogP contribution in [0.25, 0.3) is 0 Å². The number of rotatable bonds is 7. The molecular weight excluding hydrogens is 266 g/mol. The first-order valence-corrected chi connectivity index (χ1v) is 6.73. The SMILES string of the molecule is COCC(C)(CC(=O)O)NC(=O)Cc1ccc(C)s1. The van der Waals surface area contributed by atoms with E-state index in [9.17, 15) is 9.59 Å². The van der Waals surface area contributed by atoms with Gasteiger partial charge in [0.05, 0.1) is 25.0 Å². The molecule has 6 heteroatoms. The zero-order valence-corrected chi connectivity index (χ0v) is 12.2. The molecule has 0 saturated carbocycles. The monoisotopic (exact) mass is 285 g/mol. The molecule has 1 heterocycles. The van der Waals surface area contributed by atoms with E-state index in [4.69, 9.17) is 9.84 Å². The molecule has 0 spiro atoms. The minimum atomic E-state index is -0.966. The second-order valence-electron chi connectivity index (χ2n) is 4.80. The molecule has 0 aliphatic carbocycles. The predicted molar refractivity (Wildman–Crippen MR) is 73.4 cm³/mol. The van der Waals surface area contributed by atoms with Crippen LogP contribution in [0.15, 0.2) is 12.1 Å². The number of amides is 1. The maximum atomic E-state index is 11.9. The van der Waals surface area contributed by atoms with Crippen molar-refractivity contribution >= 4 is 23.2 Å². The van der Waals surface area contributed by atoms with Crippen LogP contribution in [0, 0.1) is 6.92 Å². The van der Waals surface area contributed by atoms with Crippen LogP contribution in [0.3, 0.4) is 0 Å². The summed E-state index contributed by atoms with van der Waals surface area (Å²) in [6.45, 7) is 3.81. The van der Waals surface area contributed by atoms with Crippen LogP contribution >= 0.6 is 11.3 Å². The number of carbonyl (C=O) groups excluding carboxylic acids is 1. The van der Waals surface area contributed by atoms with E-state index in [1.807, 2.05) is 19.1 Å². The van der Waals surface area contributed by atoms with Crippen LogP contribution < -0.4 is 5.32 Å². The quantitative estimate of drug-likeness (QED) is 0.798. The van der Waals surface area contributed by atoms with Crippen molar-refractivity contribution in [2.24, 2.45) is 0 Å². The van der Waals surface area contributed by atoms with Gasteiger partial charge in [0.25, 0.3) is 0 Å². The van der Waals surface area contributed by atoms with Gasteiger partial charge in [-0.3, -0.25) is 9.59 Å². The molecule has 1 amide bonds. The molecule has 0 aromatic carbocycles. The Morgan fingerprint density at radius 3 is 2.63 bits per heavy atom. The van der Waals surface area contributed by atoms with Crippen molar-refractivity contribution in [2.75, 3.05) is 13.7 Å². The summed E-state index contributed by atoms with van der Waals surface area (Å²) in [5.41, 5.74) is -0.885. The number of aliphatic carboxylic acids is 1. The van der Waals surface area contributed by atoms with Gasteiger partial charge < -0.3 is 15.2 Å². The molecule has 0 fully saturated rings. The van der Waals surface area contributed by atoms with Crippen LogP contribution in [0.1, 0.15) is 23.1 Å². The summed E-state index contributed by atoms with van der Waals surface area (Å²) in [4.78, 5) is 24.9. The van der Waals surface area contributed by atoms with E-state index in [-0.39, 0.29) is 25.4 Å². The molecule has 0 aliphatic rings. The van der Waals surface area contributed by atoms with Gasteiger partial charge in [0.15, 0.2) is 0 Å². The number of hydrogen-bond acceptors (Lipinski definition) is 4. The van der Waals surface area contributed by atoms with Gasteiger partial charge in [-0.25, -0.2) is 0 Å². The summed E-state index contributed by atoms with van der Waals surface area (Å²) < 4.78 is 4.99. The Morgan fingerprint density at radius 2 is 2.16 bits per heavy atom. The summed E-state index contributed by atoms with van der Waals surface area (Å²) in [7, 11) is 1.48. The molecule has 0 bridgehead atoms. The van der Waals surface area contributed by atoms with Gasteiger partial charge in [0, 0.05) is 16.9 Å². The lowest BCUT2D eigenvalue weighted by Crippen LogP contribution is -2.51. The molecule has 1 aromatic heterocycles. The third-order valence-corrected chi connectivity index (χ3v) is 3.58. The summed E-state index contributed by atoms with van der Waals surface area (Å²) in [5, 5.41) is 11.6. The van der Waals surface area contributed by atoms with Crippen molar-refractivity contribution in [1.29, 1.82) is 0 Å². The first kappa shape index (κ1) is 15.7. The average Bonchev–Trinajstić information content (AvgIpc) is 2.61. The van der Waals surface area contributed by atoms with Gasteiger partial charge in [-0.05, 0) is 26.0 Å². The third-order valence-electron chi connectivity index (χ3n) is 2.58. The van der Waals surface area contributed by atoms with Crippen LogP contribution in [0.5, 0.6) is 0 Å². The van der Waals surface area contributed by atoms with Crippen molar-refractivity contribution in [3.05, 3.63) is 21.9 Å². The fourth-order valence-electron chi connectivity index (χ4n) is 1.90. The van der Waals surface area contributed by atoms with E-state index in [1.54, 1.807) is 18.3 Å². The van der Waals surface area contributed by atoms with Gasteiger partial charge >= 0.3 is 5.97 Å². The number of thiophene rings is 1. The van der Waals surface area contributed by atoms with Crippen molar-refractivity contribution in [3.63, 3.8) is 0 Å². The number of carboxylic acids is 1. The molecule has 0 saturated heterocycles. The molecule has 2 N–H and O–H groups in total. The number of methoxy groups -OCH3 is 1. The highest BCUT2D eigenvalue weighted by molar-refractivity contribution is 7.12. The van der Waals surface area contributed by atoms with Crippen LogP contribution in [-0.2, 0) is 20.7 Å². The molecule has 1 rings (SSSR count). The third kappa shape index (κ3) is 5.40. The minimum absolute atomic E-state index is 0.161. The number of nitrogens with one attached hydrogen (secondary N) is 1. The highest BCUT2D eigenvalue weighted by Gasteiger charge is 2.29. The molecule has 1 unspecified atom stereocenters. The Labute approximate surface area is 116 Å². The van der Waals surface area contributed by atoms with Gasteiger partial charge in [-0.15, -0.1) is 11.3 Å². The van der Waals surface area contributed by atoms with Gasteiger partial charge in [-0.1, -0.05) is 0 Å². The van der Waals surface area contributed by atoms with Crippen molar-refractivity contribution < 1.29 is 19.4 Å². The standard InChI is InChI=1S/C13H19NO4S/c1-9-4-5-10(19-9)6-11(15)14-13(2,8-18-3)7-12(16)17/h4-5H,6-8H2,1-3H3,(H,14,15)(H,16,17). The van der Waals surface area contributed by atoms with Gasteiger partial charge in [0.1, 0.15) is 0 Å². The zero-order valence-electron chi connectivity index (χ0n) is 11.4. The Morgan fingerprint density at radius 1 is 1.47 bits per heavy atom. The van der Waals surface area contributed by atoms with Crippen molar-refractivity contribution in [3.8, 4) is 0 Å².